The third-order valence-corrected chi connectivity index (χ3v) is 3.20. The van der Waals surface area contributed by atoms with Crippen LogP contribution in [0.25, 0.3) is 0 Å². The number of thiophene rings is 1. The molecule has 0 aromatic carbocycles. The highest BCUT2D eigenvalue weighted by Gasteiger charge is 2.09. The van der Waals surface area contributed by atoms with E-state index in [1.54, 1.807) is 6.20 Å². The van der Waals surface area contributed by atoms with Crippen molar-refractivity contribution in [1.29, 1.82) is 0 Å². The quantitative estimate of drug-likeness (QED) is 0.864. The van der Waals surface area contributed by atoms with Crippen LogP contribution in [0.2, 0.25) is 0 Å². The van der Waals surface area contributed by atoms with Gasteiger partial charge in [0.1, 0.15) is 5.82 Å². The molecule has 0 radical (unpaired) electrons. The zero-order valence-corrected chi connectivity index (χ0v) is 9.97. The number of nitrogens with zero attached hydrogens (tertiary/aromatic N) is 1. The summed E-state index contributed by atoms with van der Waals surface area (Å²) < 4.78 is 0. The van der Waals surface area contributed by atoms with E-state index in [4.69, 9.17) is 0 Å². The maximum Gasteiger partial charge on any atom is 0.266 e. The van der Waals surface area contributed by atoms with Crippen LogP contribution in [-0.4, -0.2) is 10.9 Å². The summed E-state index contributed by atoms with van der Waals surface area (Å²) in [6, 6.07) is 7.53. The van der Waals surface area contributed by atoms with Gasteiger partial charge >= 0.3 is 0 Å². The van der Waals surface area contributed by atoms with Crippen molar-refractivity contribution in [3.63, 3.8) is 0 Å². The van der Waals surface area contributed by atoms with Gasteiger partial charge in [-0.25, -0.2) is 4.98 Å². The molecule has 0 fully saturated rings. The molecule has 0 saturated carbocycles. The molecule has 0 aliphatic heterocycles. The van der Waals surface area contributed by atoms with Gasteiger partial charge < -0.3 is 5.32 Å². The molecule has 0 spiro atoms. The number of anilines is 1. The molecule has 0 unspecified atom stereocenters. The predicted molar refractivity (Wildman–Crippen MR) is 66.0 cm³/mol. The largest absolute Gasteiger partial charge is 0.306 e. The first-order valence-corrected chi connectivity index (χ1v) is 5.78. The fraction of sp³-hybridized carbons (Fsp3) is 0.167. The Morgan fingerprint density at radius 1 is 1.31 bits per heavy atom. The third kappa shape index (κ3) is 2.28. The summed E-state index contributed by atoms with van der Waals surface area (Å²) in [5.74, 6) is 0.526. The van der Waals surface area contributed by atoms with Gasteiger partial charge in [0.05, 0.1) is 4.88 Å². The van der Waals surface area contributed by atoms with Gasteiger partial charge in [0.25, 0.3) is 5.91 Å². The average Bonchev–Trinajstić information content (AvgIpc) is 2.68. The van der Waals surface area contributed by atoms with Gasteiger partial charge in [-0.1, -0.05) is 6.07 Å². The molecule has 82 valence electrons. The molecule has 4 heteroatoms. The smallest absolute Gasteiger partial charge is 0.266 e. The minimum absolute atomic E-state index is 0.0973. The van der Waals surface area contributed by atoms with Gasteiger partial charge in [-0.3, -0.25) is 4.79 Å². The van der Waals surface area contributed by atoms with Crippen LogP contribution in [0.15, 0.2) is 30.5 Å². The summed E-state index contributed by atoms with van der Waals surface area (Å²) in [6.07, 6.45) is 1.67. The summed E-state index contributed by atoms with van der Waals surface area (Å²) in [7, 11) is 0. The van der Waals surface area contributed by atoms with Gasteiger partial charge in [0.15, 0.2) is 0 Å². The highest BCUT2D eigenvalue weighted by Crippen LogP contribution is 2.17. The van der Waals surface area contributed by atoms with Crippen LogP contribution >= 0.6 is 11.3 Å². The molecule has 1 N–H and O–H groups in total. The van der Waals surface area contributed by atoms with Crippen molar-refractivity contribution in [2.24, 2.45) is 0 Å². The van der Waals surface area contributed by atoms with Gasteiger partial charge in [0, 0.05) is 11.1 Å². The maximum absolute atomic E-state index is 11.8. The number of aromatic nitrogens is 1. The van der Waals surface area contributed by atoms with E-state index < -0.39 is 0 Å². The number of amides is 1. The Balaban J connectivity index is 2.17. The molecule has 3 nitrogen and oxygen atoms in total. The van der Waals surface area contributed by atoms with E-state index >= 15 is 0 Å². The molecule has 16 heavy (non-hydrogen) atoms. The SMILES string of the molecule is Cc1ccc(C(=O)Nc2ncccc2C)s1. The Morgan fingerprint density at radius 3 is 2.75 bits per heavy atom. The molecular weight excluding hydrogens is 220 g/mol. The lowest BCUT2D eigenvalue weighted by molar-refractivity contribution is 0.103. The van der Waals surface area contributed by atoms with E-state index in [1.165, 1.54) is 11.3 Å². The minimum Gasteiger partial charge on any atom is -0.306 e. The lowest BCUT2D eigenvalue weighted by Gasteiger charge is -2.04. The van der Waals surface area contributed by atoms with Crippen molar-refractivity contribution < 1.29 is 4.79 Å². The molecule has 1 amide bonds. The minimum atomic E-state index is -0.0973. The summed E-state index contributed by atoms with van der Waals surface area (Å²) in [6.45, 7) is 3.90. The number of carbonyl (C=O) groups excluding carboxylic acids is 1. The number of rotatable bonds is 2. The second kappa shape index (κ2) is 4.45. The third-order valence-electron chi connectivity index (χ3n) is 2.21. The molecule has 2 heterocycles. The van der Waals surface area contributed by atoms with Gasteiger partial charge in [-0.15, -0.1) is 11.3 Å². The summed E-state index contributed by atoms with van der Waals surface area (Å²) >= 11 is 1.48. The summed E-state index contributed by atoms with van der Waals surface area (Å²) in [5, 5.41) is 2.80. The van der Waals surface area contributed by atoms with Gasteiger partial charge in [0.2, 0.25) is 0 Å². The second-order valence-corrected chi connectivity index (χ2v) is 4.82. The second-order valence-electron chi connectivity index (χ2n) is 3.53. The van der Waals surface area contributed by atoms with Crippen LogP contribution in [0.4, 0.5) is 5.82 Å². The molecule has 0 bridgehead atoms. The lowest BCUT2D eigenvalue weighted by Crippen LogP contribution is -2.12. The van der Waals surface area contributed by atoms with Gasteiger partial charge in [-0.05, 0) is 37.6 Å². The Hall–Kier alpha value is -1.68. The molecular formula is C12H12N2OS. The van der Waals surface area contributed by atoms with E-state index in [0.717, 1.165) is 10.4 Å². The normalized spacial score (nSPS) is 10.1. The first-order valence-electron chi connectivity index (χ1n) is 4.96. The lowest BCUT2D eigenvalue weighted by atomic mass is 10.3. The molecule has 0 aliphatic rings. The Kier molecular flexibility index (Phi) is 3.01. The van der Waals surface area contributed by atoms with E-state index in [-0.39, 0.29) is 5.91 Å². The molecule has 0 atom stereocenters. The van der Waals surface area contributed by atoms with Crippen molar-refractivity contribution in [2.75, 3.05) is 5.32 Å². The van der Waals surface area contributed by atoms with Crippen LogP contribution in [0.3, 0.4) is 0 Å². The van der Waals surface area contributed by atoms with Crippen molar-refractivity contribution in [2.45, 2.75) is 13.8 Å². The van der Waals surface area contributed by atoms with Crippen molar-refractivity contribution in [3.8, 4) is 0 Å². The zero-order chi connectivity index (χ0) is 11.5. The van der Waals surface area contributed by atoms with Crippen LogP contribution in [-0.2, 0) is 0 Å². The van der Waals surface area contributed by atoms with E-state index in [1.807, 2.05) is 38.1 Å². The summed E-state index contributed by atoms with van der Waals surface area (Å²) in [5.41, 5.74) is 0.962. The molecule has 2 rings (SSSR count). The highest BCUT2D eigenvalue weighted by atomic mass is 32.1. The first-order chi connectivity index (χ1) is 7.66. The van der Waals surface area contributed by atoms with E-state index in [9.17, 15) is 4.79 Å². The molecule has 0 saturated heterocycles. The zero-order valence-electron chi connectivity index (χ0n) is 9.15. The Morgan fingerprint density at radius 2 is 2.12 bits per heavy atom. The number of nitrogens with one attached hydrogen (secondary N) is 1. The fourth-order valence-electron chi connectivity index (χ4n) is 1.34. The number of pyridine rings is 1. The van der Waals surface area contributed by atoms with Gasteiger partial charge in [-0.2, -0.15) is 0 Å². The van der Waals surface area contributed by atoms with Crippen molar-refractivity contribution in [3.05, 3.63) is 45.8 Å². The standard InChI is InChI=1S/C12H12N2OS/c1-8-4-3-7-13-11(8)14-12(15)10-6-5-9(2)16-10/h3-7H,1-2H3,(H,13,14,15). The van der Waals surface area contributed by atoms with Crippen LogP contribution in [0.1, 0.15) is 20.1 Å². The van der Waals surface area contributed by atoms with E-state index in [2.05, 4.69) is 10.3 Å². The number of hydrogen-bond donors (Lipinski definition) is 1. The number of aryl methyl sites for hydroxylation is 2. The van der Waals surface area contributed by atoms with Crippen molar-refractivity contribution in [1.82, 2.24) is 4.98 Å². The molecule has 2 aromatic rings. The van der Waals surface area contributed by atoms with E-state index in [0.29, 0.717) is 10.7 Å². The number of hydrogen-bond acceptors (Lipinski definition) is 3. The monoisotopic (exact) mass is 232 g/mol. The Labute approximate surface area is 98.2 Å². The van der Waals surface area contributed by atoms with Crippen molar-refractivity contribution >= 4 is 23.1 Å². The average molecular weight is 232 g/mol. The van der Waals surface area contributed by atoms with Crippen LogP contribution in [0, 0.1) is 13.8 Å². The highest BCUT2D eigenvalue weighted by molar-refractivity contribution is 7.14. The van der Waals surface area contributed by atoms with Crippen LogP contribution in [0.5, 0.6) is 0 Å². The predicted octanol–water partition coefficient (Wildman–Crippen LogP) is 3.01. The fourth-order valence-corrected chi connectivity index (χ4v) is 2.11. The first kappa shape index (κ1) is 10.8. The number of carbonyl (C=O) groups is 1. The van der Waals surface area contributed by atoms with Crippen LogP contribution < -0.4 is 5.32 Å². The summed E-state index contributed by atoms with van der Waals surface area (Å²) in [4.78, 5) is 17.8. The topological polar surface area (TPSA) is 42.0 Å². The molecule has 0 aliphatic carbocycles. The Bertz CT molecular complexity index is 519. The molecule has 2 aromatic heterocycles. The maximum atomic E-state index is 11.8.